The Labute approximate surface area is 202 Å². The summed E-state index contributed by atoms with van der Waals surface area (Å²) in [6, 6.07) is 10.4. The number of hydrogen-bond donors (Lipinski definition) is 3. The van der Waals surface area contributed by atoms with E-state index in [0.29, 0.717) is 31.2 Å². The molecule has 0 saturated heterocycles. The average Bonchev–Trinajstić information content (AvgIpc) is 3.53. The Morgan fingerprint density at radius 2 is 2.09 bits per heavy atom. The second kappa shape index (κ2) is 11.1. The Morgan fingerprint density at radius 1 is 1.26 bits per heavy atom. The maximum absolute atomic E-state index is 12.2. The molecule has 1 atom stereocenters. The lowest BCUT2D eigenvalue weighted by Crippen LogP contribution is -2.32. The number of carbonyl (C=O) groups is 1. The molecule has 0 spiro atoms. The molecule has 1 heterocycles. The monoisotopic (exact) mass is 467 g/mol. The zero-order chi connectivity index (χ0) is 24.1. The van der Waals surface area contributed by atoms with Gasteiger partial charge in [0, 0.05) is 32.3 Å². The lowest BCUT2D eigenvalue weighted by Gasteiger charge is -2.22. The predicted molar refractivity (Wildman–Crippen MR) is 134 cm³/mol. The number of rotatable bonds is 13. The number of amides is 1. The van der Waals surface area contributed by atoms with Crippen molar-refractivity contribution in [3.63, 3.8) is 0 Å². The van der Waals surface area contributed by atoms with Crippen LogP contribution in [0.1, 0.15) is 53.2 Å². The Bertz CT molecular complexity index is 1010. The normalized spacial score (nSPS) is 15.8. The Hall–Kier alpha value is -2.77. The van der Waals surface area contributed by atoms with Gasteiger partial charge in [0.15, 0.2) is 11.5 Å². The van der Waals surface area contributed by atoms with Gasteiger partial charge in [-0.15, -0.1) is 0 Å². The number of benzene rings is 2. The number of aliphatic hydroxyl groups is 1. The number of nitrogens with two attached hydrogens (primary N) is 1. The van der Waals surface area contributed by atoms with Crippen LogP contribution >= 0.6 is 0 Å². The van der Waals surface area contributed by atoms with Crippen molar-refractivity contribution in [3.05, 3.63) is 52.6 Å². The molecule has 184 valence electrons. The minimum Gasteiger partial charge on any atom is -0.488 e. The standard InChI is InChI=1S/C27H37N3O4/c1-18-4-7-24(25(14-18)34-22-5-6-22)33-13-9-29-19(2)15-20-16-21-8-11-30(10-3-12-31)26(21)23(17-20)27(28)32/h4,7,14,16-17,19,22,29,31H,3,5-6,8-13,15H2,1-2H3,(H2,28,32). The molecule has 2 aliphatic rings. The van der Waals surface area contributed by atoms with Gasteiger partial charge in [-0.2, -0.15) is 0 Å². The third-order valence-electron chi connectivity index (χ3n) is 6.38. The average molecular weight is 468 g/mol. The largest absolute Gasteiger partial charge is 0.488 e. The van der Waals surface area contributed by atoms with Crippen LogP contribution in [0, 0.1) is 6.92 Å². The molecule has 4 rings (SSSR count). The number of anilines is 1. The maximum atomic E-state index is 12.2. The van der Waals surface area contributed by atoms with Gasteiger partial charge in [-0.3, -0.25) is 4.79 Å². The lowest BCUT2D eigenvalue weighted by molar-refractivity contribution is 0.100. The van der Waals surface area contributed by atoms with Crippen LogP contribution < -0.4 is 25.4 Å². The summed E-state index contributed by atoms with van der Waals surface area (Å²) in [5, 5.41) is 12.7. The van der Waals surface area contributed by atoms with Crippen molar-refractivity contribution in [2.24, 2.45) is 5.73 Å². The SMILES string of the molecule is Cc1ccc(OCCNC(C)Cc2cc3c(c(C(N)=O)c2)N(CCCO)CC3)c(OC2CC2)c1. The second-order valence-electron chi connectivity index (χ2n) is 9.50. The van der Waals surface area contributed by atoms with E-state index in [1.165, 1.54) is 5.56 Å². The van der Waals surface area contributed by atoms with Crippen LogP contribution in [0.5, 0.6) is 11.5 Å². The molecule has 7 heteroatoms. The smallest absolute Gasteiger partial charge is 0.250 e. The molecule has 0 aromatic heterocycles. The number of nitrogens with zero attached hydrogens (tertiary/aromatic N) is 1. The van der Waals surface area contributed by atoms with Gasteiger partial charge >= 0.3 is 0 Å². The van der Waals surface area contributed by atoms with Crippen LogP contribution in [0.2, 0.25) is 0 Å². The van der Waals surface area contributed by atoms with Crippen LogP contribution in [-0.2, 0) is 12.8 Å². The molecule has 1 aliphatic carbocycles. The van der Waals surface area contributed by atoms with Gasteiger partial charge in [0.1, 0.15) is 6.61 Å². The fourth-order valence-corrected chi connectivity index (χ4v) is 4.57. The van der Waals surface area contributed by atoms with E-state index in [4.69, 9.17) is 15.2 Å². The zero-order valence-electron chi connectivity index (χ0n) is 20.3. The molecule has 2 aromatic rings. The van der Waals surface area contributed by atoms with Crippen LogP contribution in [0.4, 0.5) is 5.69 Å². The quantitative estimate of drug-likeness (QED) is 0.392. The van der Waals surface area contributed by atoms with Gasteiger partial charge in [0.2, 0.25) is 0 Å². The Morgan fingerprint density at radius 3 is 2.82 bits per heavy atom. The number of aryl methyl sites for hydroxylation is 1. The van der Waals surface area contributed by atoms with Gasteiger partial charge in [-0.1, -0.05) is 12.1 Å². The van der Waals surface area contributed by atoms with Crippen molar-refractivity contribution in [1.29, 1.82) is 0 Å². The van der Waals surface area contributed by atoms with Crippen LogP contribution in [0.25, 0.3) is 0 Å². The van der Waals surface area contributed by atoms with E-state index in [0.717, 1.165) is 67.1 Å². The number of nitrogens with one attached hydrogen (secondary N) is 1. The molecular weight excluding hydrogens is 430 g/mol. The molecule has 1 unspecified atom stereocenters. The van der Waals surface area contributed by atoms with Crippen molar-refractivity contribution < 1.29 is 19.4 Å². The second-order valence-corrected chi connectivity index (χ2v) is 9.50. The molecule has 1 aliphatic heterocycles. The number of hydrogen-bond acceptors (Lipinski definition) is 6. The van der Waals surface area contributed by atoms with Crippen LogP contribution in [0.3, 0.4) is 0 Å². The number of primary amides is 1. The highest BCUT2D eigenvalue weighted by Gasteiger charge is 2.26. The van der Waals surface area contributed by atoms with Crippen molar-refractivity contribution in [2.45, 2.75) is 58.1 Å². The first-order valence-corrected chi connectivity index (χ1v) is 12.4. The summed E-state index contributed by atoms with van der Waals surface area (Å²) in [5.74, 6) is 1.23. The first-order valence-electron chi connectivity index (χ1n) is 12.4. The number of carbonyl (C=O) groups excluding carboxylic acids is 1. The highest BCUT2D eigenvalue weighted by molar-refractivity contribution is 6.00. The van der Waals surface area contributed by atoms with Crippen molar-refractivity contribution >= 4 is 11.6 Å². The van der Waals surface area contributed by atoms with E-state index in [9.17, 15) is 9.90 Å². The maximum Gasteiger partial charge on any atom is 0.250 e. The molecule has 1 saturated carbocycles. The number of fused-ring (bicyclic) bond motifs is 1. The predicted octanol–water partition coefficient (Wildman–Crippen LogP) is 2.98. The zero-order valence-corrected chi connectivity index (χ0v) is 20.3. The van der Waals surface area contributed by atoms with E-state index < -0.39 is 5.91 Å². The minimum absolute atomic E-state index is 0.140. The molecule has 0 radical (unpaired) electrons. The summed E-state index contributed by atoms with van der Waals surface area (Å²) >= 11 is 0. The minimum atomic E-state index is -0.398. The van der Waals surface area contributed by atoms with Crippen molar-refractivity contribution in [2.75, 3.05) is 37.7 Å². The lowest BCUT2D eigenvalue weighted by atomic mass is 9.98. The third kappa shape index (κ3) is 6.21. The summed E-state index contributed by atoms with van der Waals surface area (Å²) in [6.07, 6.45) is 4.94. The molecule has 4 N–H and O–H groups in total. The van der Waals surface area contributed by atoms with Gasteiger partial charge in [-0.05, 0) is 80.8 Å². The summed E-state index contributed by atoms with van der Waals surface area (Å²) in [5.41, 5.74) is 10.7. The van der Waals surface area contributed by atoms with Gasteiger partial charge in [-0.25, -0.2) is 0 Å². The third-order valence-corrected chi connectivity index (χ3v) is 6.38. The van der Waals surface area contributed by atoms with E-state index in [2.05, 4.69) is 30.1 Å². The van der Waals surface area contributed by atoms with Gasteiger partial charge in [0.05, 0.1) is 17.4 Å². The fraction of sp³-hybridized carbons (Fsp3) is 0.519. The number of ether oxygens (including phenoxy) is 2. The van der Waals surface area contributed by atoms with Crippen LogP contribution in [0.15, 0.2) is 30.3 Å². The fourth-order valence-electron chi connectivity index (χ4n) is 4.57. The van der Waals surface area contributed by atoms with E-state index >= 15 is 0 Å². The molecule has 34 heavy (non-hydrogen) atoms. The highest BCUT2D eigenvalue weighted by atomic mass is 16.5. The van der Waals surface area contributed by atoms with Gasteiger partial charge < -0.3 is 30.5 Å². The first kappa shape index (κ1) is 24.4. The topological polar surface area (TPSA) is 97.0 Å². The molecular formula is C27H37N3O4. The molecule has 1 fully saturated rings. The summed E-state index contributed by atoms with van der Waals surface area (Å²) in [7, 11) is 0. The summed E-state index contributed by atoms with van der Waals surface area (Å²) < 4.78 is 12.0. The van der Waals surface area contributed by atoms with E-state index in [-0.39, 0.29) is 12.6 Å². The molecule has 0 bridgehead atoms. The van der Waals surface area contributed by atoms with Gasteiger partial charge in [0.25, 0.3) is 5.91 Å². The van der Waals surface area contributed by atoms with Crippen molar-refractivity contribution in [1.82, 2.24) is 5.32 Å². The molecule has 1 amide bonds. The summed E-state index contributed by atoms with van der Waals surface area (Å²) in [4.78, 5) is 14.4. The van der Waals surface area contributed by atoms with E-state index in [1.807, 2.05) is 24.3 Å². The summed E-state index contributed by atoms with van der Waals surface area (Å²) in [6.45, 7) is 7.18. The van der Waals surface area contributed by atoms with E-state index in [1.54, 1.807) is 0 Å². The molecule has 7 nitrogen and oxygen atoms in total. The van der Waals surface area contributed by atoms with Crippen LogP contribution in [-0.4, -0.2) is 56.0 Å². The Kier molecular flexibility index (Phi) is 7.95. The Balaban J connectivity index is 1.31. The van der Waals surface area contributed by atoms with Crippen molar-refractivity contribution in [3.8, 4) is 11.5 Å². The first-order chi connectivity index (χ1) is 16.4. The molecule has 2 aromatic carbocycles. The highest BCUT2D eigenvalue weighted by Crippen LogP contribution is 2.35. The number of aliphatic hydroxyl groups excluding tert-OH is 1.